The summed E-state index contributed by atoms with van der Waals surface area (Å²) in [4.78, 5) is 30.9. The Morgan fingerprint density at radius 1 is 1.38 bits per heavy atom. The molecular formula is C13H15N5O6. The Hall–Kier alpha value is -2.65. The van der Waals surface area contributed by atoms with Crippen LogP contribution in [-0.4, -0.2) is 59.3 Å². The zero-order valence-electron chi connectivity index (χ0n) is 12.3. The second-order valence-electron chi connectivity index (χ2n) is 5.30. The summed E-state index contributed by atoms with van der Waals surface area (Å²) in [5.41, 5.74) is 3.79. The van der Waals surface area contributed by atoms with E-state index in [4.69, 9.17) is 16.9 Å². The van der Waals surface area contributed by atoms with Gasteiger partial charge in [-0.25, -0.2) is 9.36 Å². The smallest absolute Gasteiger partial charge is 0.333 e. The number of hydrogen-bond acceptors (Lipinski definition) is 8. The third-order valence-corrected chi connectivity index (χ3v) is 3.85. The zero-order chi connectivity index (χ0) is 17.6. The molecule has 0 aliphatic carbocycles. The highest BCUT2D eigenvalue weighted by atomic mass is 16.6. The third-order valence-electron chi connectivity index (χ3n) is 3.85. The molecule has 1 aliphatic heterocycles. The first-order chi connectivity index (χ1) is 11.4. The molecule has 11 nitrogen and oxygen atoms in total. The largest absolute Gasteiger partial charge is 0.394 e. The van der Waals surface area contributed by atoms with Crippen LogP contribution in [0.15, 0.2) is 9.59 Å². The number of rotatable bonds is 3. The van der Waals surface area contributed by atoms with Gasteiger partial charge in [0.15, 0.2) is 17.4 Å². The number of nitrogen functional groups attached to an aromatic ring is 1. The SMILES string of the molecule is C#CCn1c(=O)n([C@@H]2O[C@H](CO)C(O)[C@@H]2O)c2nc(N)[nH]c(=O)c21. The number of aromatic nitrogens is 4. The molecule has 3 heterocycles. The normalized spacial score (nSPS) is 26.8. The van der Waals surface area contributed by atoms with E-state index >= 15 is 0 Å². The number of hydrogen-bond donors (Lipinski definition) is 5. The average molecular weight is 337 g/mol. The standard InChI is InChI=1S/C13H15N5O6/c1-2-3-17-6-9(15-12(14)16-10(6)22)18(13(17)23)11-8(21)7(20)5(4-19)24-11/h1,5,7-8,11,19-21H,3-4H2,(H3,14,15,16,22)/t5-,7?,8+,11-/m1/s1. The number of fused-ring (bicyclic) bond motifs is 1. The highest BCUT2D eigenvalue weighted by molar-refractivity contribution is 5.72. The molecule has 1 fully saturated rings. The van der Waals surface area contributed by atoms with E-state index in [1.165, 1.54) is 0 Å². The number of nitrogens with two attached hydrogens (primary N) is 1. The molecule has 128 valence electrons. The number of imidazole rings is 1. The Morgan fingerprint density at radius 3 is 2.67 bits per heavy atom. The van der Waals surface area contributed by atoms with Gasteiger partial charge in [0.05, 0.1) is 13.2 Å². The van der Waals surface area contributed by atoms with Crippen molar-refractivity contribution in [3.63, 3.8) is 0 Å². The first-order valence-electron chi connectivity index (χ1n) is 6.97. The Bertz CT molecular complexity index is 937. The number of H-pyrrole nitrogens is 1. The first kappa shape index (κ1) is 16.2. The van der Waals surface area contributed by atoms with Gasteiger partial charge in [-0.1, -0.05) is 5.92 Å². The topological polar surface area (TPSA) is 169 Å². The predicted octanol–water partition coefficient (Wildman–Crippen LogP) is -3.29. The van der Waals surface area contributed by atoms with Crippen LogP contribution in [0, 0.1) is 12.3 Å². The number of nitrogens with zero attached hydrogens (tertiary/aromatic N) is 3. The Morgan fingerprint density at radius 2 is 2.08 bits per heavy atom. The average Bonchev–Trinajstić information content (AvgIpc) is 2.96. The summed E-state index contributed by atoms with van der Waals surface area (Å²) >= 11 is 0. The summed E-state index contributed by atoms with van der Waals surface area (Å²) in [6.07, 6.45) is -0.171. The minimum atomic E-state index is -1.52. The number of ether oxygens (including phenoxy) is 1. The molecule has 4 atom stereocenters. The molecule has 1 unspecified atom stereocenters. The Labute approximate surface area is 133 Å². The van der Waals surface area contributed by atoms with Crippen molar-refractivity contribution >= 4 is 17.1 Å². The number of aromatic amines is 1. The van der Waals surface area contributed by atoms with Crippen LogP contribution in [0.25, 0.3) is 11.2 Å². The molecule has 1 saturated heterocycles. The van der Waals surface area contributed by atoms with Gasteiger partial charge in [0.2, 0.25) is 5.95 Å². The van der Waals surface area contributed by atoms with E-state index in [1.54, 1.807) is 0 Å². The Kier molecular flexibility index (Phi) is 3.90. The molecule has 2 aromatic heterocycles. The second-order valence-corrected chi connectivity index (χ2v) is 5.30. The molecule has 0 amide bonds. The van der Waals surface area contributed by atoms with Gasteiger partial charge in [-0.05, 0) is 0 Å². The van der Waals surface area contributed by atoms with Crippen molar-refractivity contribution in [3.8, 4) is 12.3 Å². The summed E-state index contributed by atoms with van der Waals surface area (Å²) in [6, 6.07) is 0. The third kappa shape index (κ3) is 2.21. The first-order valence-corrected chi connectivity index (χ1v) is 6.97. The van der Waals surface area contributed by atoms with Gasteiger partial charge < -0.3 is 25.8 Å². The number of aliphatic hydroxyl groups is 3. The van der Waals surface area contributed by atoms with Crippen LogP contribution in [0.1, 0.15) is 6.23 Å². The molecule has 0 saturated carbocycles. The van der Waals surface area contributed by atoms with Crippen LogP contribution in [0.2, 0.25) is 0 Å². The van der Waals surface area contributed by atoms with Crippen LogP contribution in [0.3, 0.4) is 0 Å². The lowest BCUT2D eigenvalue weighted by Gasteiger charge is -2.15. The number of anilines is 1. The van der Waals surface area contributed by atoms with Gasteiger partial charge in [-0.15, -0.1) is 6.42 Å². The summed E-state index contributed by atoms with van der Waals surface area (Å²) in [5, 5.41) is 29.2. The van der Waals surface area contributed by atoms with Crippen LogP contribution >= 0.6 is 0 Å². The molecule has 3 rings (SSSR count). The maximum Gasteiger partial charge on any atom is 0.333 e. The van der Waals surface area contributed by atoms with Gasteiger partial charge in [0, 0.05) is 0 Å². The van der Waals surface area contributed by atoms with Gasteiger partial charge >= 0.3 is 5.69 Å². The molecular weight excluding hydrogens is 322 g/mol. The molecule has 0 aromatic carbocycles. The van der Waals surface area contributed by atoms with Gasteiger partial charge in [-0.3, -0.25) is 14.3 Å². The molecule has 11 heteroatoms. The van der Waals surface area contributed by atoms with Crippen LogP contribution in [0.4, 0.5) is 5.95 Å². The maximum atomic E-state index is 12.6. The van der Waals surface area contributed by atoms with Crippen LogP contribution in [-0.2, 0) is 11.3 Å². The van der Waals surface area contributed by atoms with Crippen LogP contribution in [0.5, 0.6) is 0 Å². The van der Waals surface area contributed by atoms with E-state index in [9.17, 15) is 24.9 Å². The van der Waals surface area contributed by atoms with Gasteiger partial charge in [0.1, 0.15) is 18.3 Å². The van der Waals surface area contributed by atoms with Crippen molar-refractivity contribution in [3.05, 3.63) is 20.8 Å². The molecule has 0 spiro atoms. The maximum absolute atomic E-state index is 12.6. The fourth-order valence-corrected chi connectivity index (χ4v) is 2.76. The van der Waals surface area contributed by atoms with Crippen molar-refractivity contribution in [1.82, 2.24) is 19.1 Å². The minimum Gasteiger partial charge on any atom is -0.394 e. The van der Waals surface area contributed by atoms with Crippen molar-refractivity contribution in [2.24, 2.45) is 0 Å². The highest BCUT2D eigenvalue weighted by Crippen LogP contribution is 2.30. The fourth-order valence-electron chi connectivity index (χ4n) is 2.76. The van der Waals surface area contributed by atoms with E-state index < -0.39 is 42.4 Å². The molecule has 0 radical (unpaired) electrons. The molecule has 1 aliphatic rings. The lowest BCUT2D eigenvalue weighted by Crippen LogP contribution is -2.36. The van der Waals surface area contributed by atoms with Crippen molar-refractivity contribution in [2.75, 3.05) is 12.3 Å². The molecule has 24 heavy (non-hydrogen) atoms. The zero-order valence-corrected chi connectivity index (χ0v) is 12.3. The number of terminal acetylenes is 1. The van der Waals surface area contributed by atoms with Crippen molar-refractivity contribution < 1.29 is 20.1 Å². The highest BCUT2D eigenvalue weighted by Gasteiger charge is 2.45. The van der Waals surface area contributed by atoms with Crippen molar-refractivity contribution in [2.45, 2.75) is 31.1 Å². The fraction of sp³-hybridized carbons (Fsp3) is 0.462. The van der Waals surface area contributed by atoms with Gasteiger partial charge in [-0.2, -0.15) is 4.98 Å². The van der Waals surface area contributed by atoms with E-state index in [0.29, 0.717) is 0 Å². The summed E-state index contributed by atoms with van der Waals surface area (Å²) in [6.45, 7) is -0.783. The molecule has 6 N–H and O–H groups in total. The van der Waals surface area contributed by atoms with Crippen LogP contribution < -0.4 is 17.0 Å². The lowest BCUT2D eigenvalue weighted by molar-refractivity contribution is -0.0527. The van der Waals surface area contributed by atoms with Crippen molar-refractivity contribution in [1.29, 1.82) is 0 Å². The minimum absolute atomic E-state index is 0.134. The summed E-state index contributed by atoms with van der Waals surface area (Å²) < 4.78 is 7.21. The summed E-state index contributed by atoms with van der Waals surface area (Å²) in [7, 11) is 0. The van der Waals surface area contributed by atoms with E-state index in [0.717, 1.165) is 9.13 Å². The second kappa shape index (κ2) is 5.77. The summed E-state index contributed by atoms with van der Waals surface area (Å²) in [5.74, 6) is 2.00. The number of nitrogens with one attached hydrogen (secondary N) is 1. The molecule has 2 aromatic rings. The predicted molar refractivity (Wildman–Crippen MR) is 80.9 cm³/mol. The quantitative estimate of drug-likeness (QED) is 0.363. The number of aliphatic hydroxyl groups excluding tert-OH is 3. The lowest BCUT2D eigenvalue weighted by atomic mass is 10.1. The van der Waals surface area contributed by atoms with Gasteiger partial charge in [0.25, 0.3) is 5.56 Å². The molecule has 0 bridgehead atoms. The Balaban J connectivity index is 2.30. The van der Waals surface area contributed by atoms with E-state index in [2.05, 4.69) is 15.9 Å². The van der Waals surface area contributed by atoms with E-state index in [-0.39, 0.29) is 23.7 Å². The monoisotopic (exact) mass is 337 g/mol. The van der Waals surface area contributed by atoms with E-state index in [1.807, 2.05) is 0 Å².